The van der Waals surface area contributed by atoms with Crippen molar-refractivity contribution >= 4 is 40.6 Å². The Bertz CT molecular complexity index is 856. The number of para-hydroxylation sites is 1. The van der Waals surface area contributed by atoms with Gasteiger partial charge in [0, 0.05) is 0 Å². The summed E-state index contributed by atoms with van der Waals surface area (Å²) in [4.78, 5) is 25.7. The molecule has 0 N–H and O–H groups in total. The second-order valence-electron chi connectivity index (χ2n) is 5.17. The molecule has 3 rings (SSSR count). The van der Waals surface area contributed by atoms with Crippen LogP contribution in [-0.4, -0.2) is 29.2 Å². The third-order valence-electron chi connectivity index (χ3n) is 3.43. The van der Waals surface area contributed by atoms with Crippen LogP contribution in [0.5, 0.6) is 5.75 Å². The number of benzene rings is 2. The first-order valence-electron chi connectivity index (χ1n) is 7.43. The van der Waals surface area contributed by atoms with Crippen molar-refractivity contribution in [2.45, 2.75) is 0 Å². The minimum Gasteiger partial charge on any atom is -0.490 e. The Morgan fingerprint density at radius 1 is 1.16 bits per heavy atom. The fourth-order valence-corrected chi connectivity index (χ4v) is 3.30. The molecule has 0 unspecified atom stereocenters. The number of carbonyl (C=O) groups is 2. The first kappa shape index (κ1) is 17.5. The van der Waals surface area contributed by atoms with E-state index in [-0.39, 0.29) is 23.3 Å². The molecule has 1 aliphatic rings. The molecule has 0 aliphatic carbocycles. The van der Waals surface area contributed by atoms with Gasteiger partial charge < -0.3 is 4.74 Å². The van der Waals surface area contributed by atoms with Crippen LogP contribution in [-0.2, 0) is 4.79 Å². The molecule has 25 heavy (non-hydrogen) atoms. The Balaban J connectivity index is 1.64. The number of hydrogen-bond donors (Lipinski definition) is 0. The summed E-state index contributed by atoms with van der Waals surface area (Å²) in [5.41, 5.74) is 0.526. The highest BCUT2D eigenvalue weighted by atomic mass is 35.5. The maximum atomic E-state index is 13.2. The number of ether oxygens (including phenoxy) is 1. The summed E-state index contributed by atoms with van der Waals surface area (Å²) >= 11 is 6.81. The maximum absolute atomic E-state index is 13.2. The van der Waals surface area contributed by atoms with Crippen LogP contribution in [0.15, 0.2) is 53.4 Å². The number of hydrogen-bond acceptors (Lipinski definition) is 4. The van der Waals surface area contributed by atoms with Gasteiger partial charge in [-0.25, -0.2) is 4.39 Å². The quantitative estimate of drug-likeness (QED) is 0.715. The van der Waals surface area contributed by atoms with Crippen LogP contribution in [0.3, 0.4) is 0 Å². The summed E-state index contributed by atoms with van der Waals surface area (Å²) in [6, 6.07) is 12.8. The number of carbonyl (C=O) groups excluding carboxylic acids is 2. The minimum atomic E-state index is -0.415. The first-order chi connectivity index (χ1) is 12.0. The SMILES string of the molecule is O=C1S/C(=C\c2cccc(F)c2)C(=O)N1CCOc1ccccc1Cl. The van der Waals surface area contributed by atoms with Gasteiger partial charge in [0.05, 0.1) is 16.5 Å². The van der Waals surface area contributed by atoms with Gasteiger partial charge in [-0.3, -0.25) is 14.5 Å². The molecular formula is C18H13ClFNO3S. The number of amides is 2. The predicted octanol–water partition coefficient (Wildman–Crippen LogP) is 4.59. The van der Waals surface area contributed by atoms with Crippen molar-refractivity contribution in [3.63, 3.8) is 0 Å². The molecule has 1 fully saturated rings. The van der Waals surface area contributed by atoms with E-state index in [1.165, 1.54) is 18.2 Å². The lowest BCUT2D eigenvalue weighted by Gasteiger charge is -2.13. The summed E-state index contributed by atoms with van der Waals surface area (Å²) in [6.07, 6.45) is 1.50. The number of imide groups is 1. The van der Waals surface area contributed by atoms with E-state index in [1.807, 2.05) is 0 Å². The van der Waals surface area contributed by atoms with Gasteiger partial charge in [0.25, 0.3) is 11.1 Å². The molecule has 128 valence electrons. The van der Waals surface area contributed by atoms with Crippen LogP contribution in [0.25, 0.3) is 6.08 Å². The molecular weight excluding hydrogens is 365 g/mol. The van der Waals surface area contributed by atoms with Gasteiger partial charge in [0.15, 0.2) is 0 Å². The molecule has 1 saturated heterocycles. The fraction of sp³-hybridized carbons (Fsp3) is 0.111. The molecule has 2 aromatic carbocycles. The average molecular weight is 378 g/mol. The molecule has 0 saturated carbocycles. The summed E-state index contributed by atoms with van der Waals surface area (Å²) in [7, 11) is 0. The van der Waals surface area contributed by atoms with E-state index in [0.29, 0.717) is 16.3 Å². The normalized spacial score (nSPS) is 15.9. The Labute approximate surface area is 153 Å². The molecule has 2 amide bonds. The van der Waals surface area contributed by atoms with Gasteiger partial charge in [0.2, 0.25) is 0 Å². The third-order valence-corrected chi connectivity index (χ3v) is 4.65. The predicted molar refractivity (Wildman–Crippen MR) is 96.0 cm³/mol. The molecule has 1 aliphatic heterocycles. The fourth-order valence-electron chi connectivity index (χ4n) is 2.25. The zero-order valence-electron chi connectivity index (χ0n) is 12.9. The average Bonchev–Trinajstić information content (AvgIpc) is 2.84. The van der Waals surface area contributed by atoms with E-state index in [4.69, 9.17) is 16.3 Å². The van der Waals surface area contributed by atoms with Crippen molar-refractivity contribution < 1.29 is 18.7 Å². The molecule has 7 heteroatoms. The van der Waals surface area contributed by atoms with E-state index in [9.17, 15) is 14.0 Å². The van der Waals surface area contributed by atoms with Crippen LogP contribution >= 0.6 is 23.4 Å². The van der Waals surface area contributed by atoms with Crippen molar-refractivity contribution in [2.24, 2.45) is 0 Å². The van der Waals surface area contributed by atoms with Gasteiger partial charge in [0.1, 0.15) is 18.2 Å². The molecule has 0 aromatic heterocycles. The number of nitrogens with zero attached hydrogens (tertiary/aromatic N) is 1. The summed E-state index contributed by atoms with van der Waals surface area (Å²) < 4.78 is 18.7. The highest BCUT2D eigenvalue weighted by Gasteiger charge is 2.34. The first-order valence-corrected chi connectivity index (χ1v) is 8.62. The lowest BCUT2D eigenvalue weighted by atomic mass is 10.2. The van der Waals surface area contributed by atoms with Crippen molar-refractivity contribution in [1.82, 2.24) is 4.90 Å². The Kier molecular flexibility index (Phi) is 5.40. The zero-order chi connectivity index (χ0) is 17.8. The summed E-state index contributed by atoms with van der Waals surface area (Å²) in [5.74, 6) is -0.324. The van der Waals surface area contributed by atoms with Crippen molar-refractivity contribution in [3.8, 4) is 5.75 Å². The molecule has 2 aromatic rings. The van der Waals surface area contributed by atoms with E-state index < -0.39 is 11.7 Å². The van der Waals surface area contributed by atoms with Gasteiger partial charge in [-0.15, -0.1) is 0 Å². The van der Waals surface area contributed by atoms with Crippen LogP contribution in [0.1, 0.15) is 5.56 Å². The Morgan fingerprint density at radius 3 is 2.72 bits per heavy atom. The van der Waals surface area contributed by atoms with Gasteiger partial charge >= 0.3 is 0 Å². The van der Waals surface area contributed by atoms with E-state index >= 15 is 0 Å². The number of rotatable bonds is 5. The molecule has 4 nitrogen and oxygen atoms in total. The van der Waals surface area contributed by atoms with Crippen LogP contribution in [0.2, 0.25) is 5.02 Å². The van der Waals surface area contributed by atoms with Crippen molar-refractivity contribution in [2.75, 3.05) is 13.2 Å². The second kappa shape index (κ2) is 7.72. The lowest BCUT2D eigenvalue weighted by Crippen LogP contribution is -2.32. The van der Waals surface area contributed by atoms with Crippen LogP contribution < -0.4 is 4.74 Å². The van der Waals surface area contributed by atoms with E-state index in [2.05, 4.69) is 0 Å². The molecule has 1 heterocycles. The standard InChI is InChI=1S/C18H13ClFNO3S/c19-14-6-1-2-7-15(14)24-9-8-21-17(22)16(25-18(21)23)11-12-4-3-5-13(20)10-12/h1-7,10-11H,8-9H2/b16-11-. The zero-order valence-corrected chi connectivity index (χ0v) is 14.5. The molecule has 0 spiro atoms. The largest absolute Gasteiger partial charge is 0.490 e. The second-order valence-corrected chi connectivity index (χ2v) is 6.57. The smallest absolute Gasteiger partial charge is 0.293 e. The monoisotopic (exact) mass is 377 g/mol. The number of thioether (sulfide) groups is 1. The van der Waals surface area contributed by atoms with Gasteiger partial charge in [-0.1, -0.05) is 35.9 Å². The highest BCUT2D eigenvalue weighted by molar-refractivity contribution is 8.18. The van der Waals surface area contributed by atoms with Crippen LogP contribution in [0.4, 0.5) is 9.18 Å². The van der Waals surface area contributed by atoms with Crippen molar-refractivity contribution in [3.05, 3.63) is 69.8 Å². The minimum absolute atomic E-state index is 0.108. The maximum Gasteiger partial charge on any atom is 0.293 e. The lowest BCUT2D eigenvalue weighted by molar-refractivity contribution is -0.123. The van der Waals surface area contributed by atoms with Crippen LogP contribution in [0, 0.1) is 5.82 Å². The Hall–Kier alpha value is -2.31. The van der Waals surface area contributed by atoms with Gasteiger partial charge in [-0.05, 0) is 47.7 Å². The van der Waals surface area contributed by atoms with E-state index in [0.717, 1.165) is 16.7 Å². The molecule has 0 radical (unpaired) electrons. The number of halogens is 2. The topological polar surface area (TPSA) is 46.6 Å². The van der Waals surface area contributed by atoms with Gasteiger partial charge in [-0.2, -0.15) is 0 Å². The molecule has 0 bridgehead atoms. The van der Waals surface area contributed by atoms with E-state index in [1.54, 1.807) is 36.4 Å². The van der Waals surface area contributed by atoms with Crippen molar-refractivity contribution in [1.29, 1.82) is 0 Å². The summed E-state index contributed by atoms with van der Waals surface area (Å²) in [6.45, 7) is 0.241. The Morgan fingerprint density at radius 2 is 1.96 bits per heavy atom. The third kappa shape index (κ3) is 4.21. The molecule has 0 atom stereocenters. The highest BCUT2D eigenvalue weighted by Crippen LogP contribution is 2.32. The summed E-state index contributed by atoms with van der Waals surface area (Å²) in [5, 5.41) is 0.0815.